The normalized spacial score (nSPS) is 11.8. The van der Waals surface area contributed by atoms with Gasteiger partial charge in [-0.2, -0.15) is 0 Å². The molecule has 50 valence electrons. The molecule has 0 aromatic rings. The molecule has 0 aromatic carbocycles. The summed E-state index contributed by atoms with van der Waals surface area (Å²) in [5.41, 5.74) is 0. The first-order valence-corrected chi connectivity index (χ1v) is 4.54. The predicted molar refractivity (Wildman–Crippen MR) is 31.3 cm³/mol. The Labute approximate surface area is 53.0 Å². The van der Waals surface area contributed by atoms with Crippen LogP contribution in [0.3, 0.4) is 0 Å². The van der Waals surface area contributed by atoms with Crippen molar-refractivity contribution in [3.8, 4) is 0 Å². The van der Waals surface area contributed by atoms with Crippen LogP contribution in [0.4, 0.5) is 0 Å². The molecule has 0 saturated heterocycles. The van der Waals surface area contributed by atoms with Crippen molar-refractivity contribution in [3.05, 3.63) is 0 Å². The molecule has 0 N–H and O–H groups in total. The van der Waals surface area contributed by atoms with Crippen LogP contribution in [-0.4, -0.2) is 21.0 Å². The van der Waals surface area contributed by atoms with Crippen molar-refractivity contribution in [2.75, 3.05) is 12.5 Å². The minimum atomic E-state index is -3.44. The molecule has 0 fully saturated rings. The molecule has 0 rings (SSSR count). The Hall–Kier alpha value is 0.200. The highest BCUT2D eigenvalue weighted by atomic mass is 35.7. The molecule has 0 heterocycles. The third-order valence-electron chi connectivity index (χ3n) is 0.428. The maximum absolute atomic E-state index is 10.0. The first-order valence-electron chi connectivity index (χ1n) is 2.06. The van der Waals surface area contributed by atoms with Gasteiger partial charge >= 0.3 is 0 Å². The Morgan fingerprint density at radius 3 is 2.25 bits per heavy atom. The zero-order valence-corrected chi connectivity index (χ0v) is 6.00. The number of halogens is 1. The molecule has 0 spiro atoms. The van der Waals surface area contributed by atoms with Crippen molar-refractivity contribution < 1.29 is 13.2 Å². The van der Waals surface area contributed by atoms with Gasteiger partial charge in [-0.25, -0.2) is 8.42 Å². The molecule has 0 aliphatic heterocycles. The van der Waals surface area contributed by atoms with E-state index in [1.807, 2.05) is 0 Å². The van der Waals surface area contributed by atoms with Gasteiger partial charge in [-0.3, -0.25) is 0 Å². The summed E-state index contributed by atoms with van der Waals surface area (Å²) in [4.78, 5) is 0. The number of hydrogen-bond acceptors (Lipinski definition) is 3. The number of hydrogen-bond donors (Lipinski definition) is 0. The standard InChI is InChI=1S/C3H7ClO3S/c1-2-7-3-8(4,5)6/h2-3H2,1H3. The quantitative estimate of drug-likeness (QED) is 0.564. The Kier molecular flexibility index (Phi) is 3.35. The second kappa shape index (κ2) is 3.27. The van der Waals surface area contributed by atoms with Gasteiger partial charge in [-0.15, -0.1) is 0 Å². The second-order valence-electron chi connectivity index (χ2n) is 1.15. The van der Waals surface area contributed by atoms with E-state index in [0.717, 1.165) is 0 Å². The van der Waals surface area contributed by atoms with Crippen LogP contribution < -0.4 is 0 Å². The smallest absolute Gasteiger partial charge is 0.256 e. The topological polar surface area (TPSA) is 43.4 Å². The summed E-state index contributed by atoms with van der Waals surface area (Å²) in [5.74, 6) is -0.398. The molecule has 0 unspecified atom stereocenters. The fraction of sp³-hybridized carbons (Fsp3) is 1.00. The van der Waals surface area contributed by atoms with E-state index in [4.69, 9.17) is 10.7 Å². The fourth-order valence-corrected chi connectivity index (χ4v) is 0.738. The van der Waals surface area contributed by atoms with E-state index in [9.17, 15) is 8.42 Å². The molecule has 0 atom stereocenters. The van der Waals surface area contributed by atoms with E-state index in [1.165, 1.54) is 0 Å². The Balaban J connectivity index is 3.42. The minimum absolute atomic E-state index is 0.367. The van der Waals surface area contributed by atoms with E-state index < -0.39 is 15.0 Å². The zero-order valence-electron chi connectivity index (χ0n) is 4.43. The molecule has 8 heavy (non-hydrogen) atoms. The summed E-state index contributed by atoms with van der Waals surface area (Å²) in [5, 5.41) is 0. The maximum Gasteiger partial charge on any atom is 0.256 e. The second-order valence-corrected chi connectivity index (χ2v) is 3.87. The van der Waals surface area contributed by atoms with Crippen LogP contribution in [-0.2, 0) is 13.8 Å². The summed E-state index contributed by atoms with van der Waals surface area (Å²) in [6.45, 7) is 2.06. The molecule has 0 saturated carbocycles. The van der Waals surface area contributed by atoms with Gasteiger partial charge in [0.05, 0.1) is 0 Å². The monoisotopic (exact) mass is 158 g/mol. The highest BCUT2D eigenvalue weighted by molar-refractivity contribution is 8.13. The first kappa shape index (κ1) is 8.20. The van der Waals surface area contributed by atoms with Gasteiger partial charge in [0.2, 0.25) is 0 Å². The van der Waals surface area contributed by atoms with Crippen LogP contribution in [0.25, 0.3) is 0 Å². The number of rotatable bonds is 3. The van der Waals surface area contributed by atoms with Crippen molar-refractivity contribution in [1.82, 2.24) is 0 Å². The van der Waals surface area contributed by atoms with Gasteiger partial charge in [0.15, 0.2) is 5.94 Å². The van der Waals surface area contributed by atoms with Crippen LogP contribution in [0.2, 0.25) is 0 Å². The average Bonchev–Trinajstić information content (AvgIpc) is 1.59. The lowest BCUT2D eigenvalue weighted by molar-refractivity contribution is 0.193. The molecule has 0 amide bonds. The summed E-state index contributed by atoms with van der Waals surface area (Å²) < 4.78 is 24.5. The largest absolute Gasteiger partial charge is 0.364 e. The lowest BCUT2D eigenvalue weighted by atomic mass is 10.9. The van der Waals surface area contributed by atoms with Crippen molar-refractivity contribution in [1.29, 1.82) is 0 Å². The summed E-state index contributed by atoms with van der Waals surface area (Å²) in [6, 6.07) is 0. The van der Waals surface area contributed by atoms with Gasteiger partial charge in [0, 0.05) is 17.3 Å². The number of ether oxygens (including phenoxy) is 1. The summed E-state index contributed by atoms with van der Waals surface area (Å²) in [7, 11) is 1.32. The highest BCUT2D eigenvalue weighted by Gasteiger charge is 2.01. The average molecular weight is 159 g/mol. The zero-order chi connectivity index (χ0) is 6.62. The summed E-state index contributed by atoms with van der Waals surface area (Å²) in [6.07, 6.45) is 0. The van der Waals surface area contributed by atoms with Crippen LogP contribution in [0.15, 0.2) is 0 Å². The Morgan fingerprint density at radius 1 is 1.62 bits per heavy atom. The Morgan fingerprint density at radius 2 is 2.12 bits per heavy atom. The lowest BCUT2D eigenvalue weighted by Crippen LogP contribution is -2.01. The third kappa shape index (κ3) is 6.20. The van der Waals surface area contributed by atoms with Gasteiger partial charge in [-0.05, 0) is 6.92 Å². The summed E-state index contributed by atoms with van der Waals surface area (Å²) >= 11 is 0. The Bertz CT molecular complexity index is 139. The van der Waals surface area contributed by atoms with E-state index in [1.54, 1.807) is 6.92 Å². The van der Waals surface area contributed by atoms with Gasteiger partial charge in [0.1, 0.15) is 0 Å². The van der Waals surface area contributed by atoms with Crippen LogP contribution in [0.5, 0.6) is 0 Å². The van der Waals surface area contributed by atoms with Crippen LogP contribution >= 0.6 is 10.7 Å². The molecule has 3 nitrogen and oxygen atoms in total. The molecule has 5 heteroatoms. The molecule has 0 aliphatic rings. The third-order valence-corrected chi connectivity index (χ3v) is 1.14. The van der Waals surface area contributed by atoms with E-state index in [-0.39, 0.29) is 0 Å². The maximum atomic E-state index is 10.0. The molecule has 0 radical (unpaired) electrons. The molecule has 0 aromatic heterocycles. The van der Waals surface area contributed by atoms with Crippen LogP contribution in [0, 0.1) is 0 Å². The lowest BCUT2D eigenvalue weighted by Gasteiger charge is -1.92. The fourth-order valence-electron chi connectivity index (χ4n) is 0.183. The SMILES string of the molecule is CCOCS(=O)(=O)Cl. The van der Waals surface area contributed by atoms with Crippen molar-refractivity contribution in [2.24, 2.45) is 0 Å². The predicted octanol–water partition coefficient (Wildman–Crippen LogP) is 0.549. The van der Waals surface area contributed by atoms with Crippen molar-refractivity contribution >= 4 is 19.7 Å². The van der Waals surface area contributed by atoms with Gasteiger partial charge in [-0.1, -0.05) is 0 Å². The van der Waals surface area contributed by atoms with E-state index in [0.29, 0.717) is 6.61 Å². The van der Waals surface area contributed by atoms with Crippen LogP contribution in [0.1, 0.15) is 6.92 Å². The molecular weight excluding hydrogens is 152 g/mol. The highest BCUT2D eigenvalue weighted by Crippen LogP contribution is 1.94. The molecule has 0 bridgehead atoms. The van der Waals surface area contributed by atoms with Gasteiger partial charge < -0.3 is 4.74 Å². The van der Waals surface area contributed by atoms with Crippen molar-refractivity contribution in [2.45, 2.75) is 6.92 Å². The van der Waals surface area contributed by atoms with Crippen molar-refractivity contribution in [3.63, 3.8) is 0 Å². The minimum Gasteiger partial charge on any atom is -0.364 e. The van der Waals surface area contributed by atoms with E-state index in [2.05, 4.69) is 4.74 Å². The molecular formula is C3H7ClO3S. The first-order chi connectivity index (χ1) is 3.56. The van der Waals surface area contributed by atoms with Gasteiger partial charge in [0.25, 0.3) is 9.05 Å². The van der Waals surface area contributed by atoms with E-state index >= 15 is 0 Å². The molecule has 0 aliphatic carbocycles.